The first-order valence-corrected chi connectivity index (χ1v) is 11.3. The first-order valence-electron chi connectivity index (χ1n) is 10.4. The van der Waals surface area contributed by atoms with Crippen LogP contribution in [0, 0.1) is 0 Å². The van der Waals surface area contributed by atoms with Crippen molar-refractivity contribution in [1.82, 2.24) is 0 Å². The Morgan fingerprint density at radius 2 is 1.69 bits per heavy atom. The molecule has 162 valence electrons. The fraction of sp³-hybridized carbons (Fsp3) is 0.192. The zero-order valence-corrected chi connectivity index (χ0v) is 18.5. The maximum Gasteiger partial charge on any atom is 0.357 e. The molecule has 1 saturated heterocycles. The number of aliphatic imine (C=N–C) groups is 1. The molecule has 0 saturated carbocycles. The van der Waals surface area contributed by atoms with E-state index in [1.54, 1.807) is 13.0 Å². The van der Waals surface area contributed by atoms with Gasteiger partial charge in [-0.05, 0) is 41.4 Å². The SMILES string of the molecule is CCOC(=O)/C(=C\c1sccc1C1OCCO1)N=C=C(c1ccccc1)c1ccccc1. The fourth-order valence-corrected chi connectivity index (χ4v) is 4.11. The van der Waals surface area contributed by atoms with Crippen LogP contribution >= 0.6 is 11.3 Å². The van der Waals surface area contributed by atoms with Crippen molar-refractivity contribution in [2.24, 2.45) is 4.99 Å². The highest BCUT2D eigenvalue weighted by atomic mass is 32.1. The number of thiophene rings is 1. The van der Waals surface area contributed by atoms with E-state index in [4.69, 9.17) is 14.2 Å². The quantitative estimate of drug-likeness (QED) is 0.274. The van der Waals surface area contributed by atoms with Gasteiger partial charge in [-0.25, -0.2) is 4.79 Å². The van der Waals surface area contributed by atoms with Gasteiger partial charge in [0.05, 0.1) is 25.4 Å². The number of benzene rings is 2. The summed E-state index contributed by atoms with van der Waals surface area (Å²) in [4.78, 5) is 18.0. The molecule has 0 N–H and O–H groups in total. The van der Waals surface area contributed by atoms with E-state index in [1.807, 2.05) is 72.1 Å². The number of carbonyl (C=O) groups excluding carboxylic acids is 1. The third-order valence-electron chi connectivity index (χ3n) is 4.77. The zero-order chi connectivity index (χ0) is 22.2. The largest absolute Gasteiger partial charge is 0.461 e. The standard InChI is InChI=1S/C26H23NO4S/c1-2-29-25(28)23(17-24-21(13-16-32-24)26-30-14-15-31-26)27-18-22(19-9-5-3-6-10-19)20-11-7-4-8-12-20/h3-13,16-17,26H,2,14-15H2,1H3/b23-17+. The fourth-order valence-electron chi connectivity index (χ4n) is 3.27. The average molecular weight is 446 g/mol. The maximum atomic E-state index is 12.7. The van der Waals surface area contributed by atoms with E-state index < -0.39 is 12.3 Å². The normalized spacial score (nSPS) is 14.1. The van der Waals surface area contributed by atoms with Crippen molar-refractivity contribution >= 4 is 34.8 Å². The van der Waals surface area contributed by atoms with Crippen molar-refractivity contribution in [3.05, 3.63) is 99.4 Å². The lowest BCUT2D eigenvalue weighted by Gasteiger charge is -2.09. The molecule has 6 heteroatoms. The summed E-state index contributed by atoms with van der Waals surface area (Å²) in [6.45, 7) is 3.12. The second-order valence-electron chi connectivity index (χ2n) is 6.89. The highest BCUT2D eigenvalue weighted by molar-refractivity contribution is 7.11. The average Bonchev–Trinajstić information content (AvgIpc) is 3.52. The van der Waals surface area contributed by atoms with E-state index in [1.165, 1.54) is 11.3 Å². The molecule has 1 aromatic heterocycles. The summed E-state index contributed by atoms with van der Waals surface area (Å²) in [5, 5.41) is 1.94. The lowest BCUT2D eigenvalue weighted by Crippen LogP contribution is -2.06. The van der Waals surface area contributed by atoms with Crippen LogP contribution in [0.5, 0.6) is 0 Å². The van der Waals surface area contributed by atoms with Crippen LogP contribution in [0.1, 0.15) is 34.8 Å². The highest BCUT2D eigenvalue weighted by Crippen LogP contribution is 2.31. The predicted octanol–water partition coefficient (Wildman–Crippen LogP) is 5.50. The van der Waals surface area contributed by atoms with Gasteiger partial charge in [-0.1, -0.05) is 60.7 Å². The molecule has 0 aliphatic carbocycles. The van der Waals surface area contributed by atoms with Crippen molar-refractivity contribution in [3.63, 3.8) is 0 Å². The molecule has 0 atom stereocenters. The summed E-state index contributed by atoms with van der Waals surface area (Å²) in [5.74, 6) is 2.60. The van der Waals surface area contributed by atoms with Crippen molar-refractivity contribution < 1.29 is 19.0 Å². The van der Waals surface area contributed by atoms with Crippen LogP contribution in [-0.4, -0.2) is 31.7 Å². The molecule has 3 aromatic rings. The number of hydrogen-bond acceptors (Lipinski definition) is 6. The lowest BCUT2D eigenvalue weighted by molar-refractivity contribution is -0.138. The molecule has 1 aliphatic rings. The van der Waals surface area contributed by atoms with Crippen LogP contribution in [0.15, 0.2) is 82.8 Å². The molecule has 0 amide bonds. The van der Waals surface area contributed by atoms with E-state index in [-0.39, 0.29) is 12.3 Å². The van der Waals surface area contributed by atoms with Crippen LogP contribution < -0.4 is 0 Å². The van der Waals surface area contributed by atoms with Gasteiger partial charge in [0.25, 0.3) is 0 Å². The van der Waals surface area contributed by atoms with Gasteiger partial charge >= 0.3 is 5.97 Å². The molecule has 4 rings (SSSR count). The molecule has 0 bridgehead atoms. The van der Waals surface area contributed by atoms with Gasteiger partial charge in [-0.15, -0.1) is 11.3 Å². The molecule has 5 nitrogen and oxygen atoms in total. The number of nitrogens with zero attached hydrogens (tertiary/aromatic N) is 1. The molecule has 0 radical (unpaired) electrons. The topological polar surface area (TPSA) is 57.1 Å². The summed E-state index contributed by atoms with van der Waals surface area (Å²) in [6, 6.07) is 21.7. The molecule has 2 heterocycles. The van der Waals surface area contributed by atoms with Gasteiger partial charge in [-0.2, -0.15) is 4.99 Å². The molecular weight excluding hydrogens is 422 g/mol. The van der Waals surface area contributed by atoms with E-state index in [0.29, 0.717) is 13.2 Å². The Balaban J connectivity index is 1.79. The number of esters is 1. The molecule has 2 aromatic carbocycles. The Bertz CT molecular complexity index is 1100. The smallest absolute Gasteiger partial charge is 0.357 e. The Kier molecular flexibility index (Phi) is 7.43. The van der Waals surface area contributed by atoms with E-state index >= 15 is 0 Å². The summed E-state index contributed by atoms with van der Waals surface area (Å²) >= 11 is 1.49. The van der Waals surface area contributed by atoms with Crippen molar-refractivity contribution in [2.45, 2.75) is 13.2 Å². The Hall–Kier alpha value is -3.28. The Morgan fingerprint density at radius 3 is 2.28 bits per heavy atom. The van der Waals surface area contributed by atoms with Gasteiger partial charge in [0, 0.05) is 10.4 Å². The predicted molar refractivity (Wildman–Crippen MR) is 126 cm³/mol. The zero-order valence-electron chi connectivity index (χ0n) is 17.7. The number of carbonyl (C=O) groups is 1. The first kappa shape index (κ1) is 21.9. The summed E-state index contributed by atoms with van der Waals surface area (Å²) in [6.07, 6.45) is 1.28. The minimum atomic E-state index is -0.506. The maximum absolute atomic E-state index is 12.7. The van der Waals surface area contributed by atoms with Gasteiger partial charge in [0.1, 0.15) is 0 Å². The highest BCUT2D eigenvalue weighted by Gasteiger charge is 2.22. The molecule has 32 heavy (non-hydrogen) atoms. The van der Waals surface area contributed by atoms with Gasteiger partial charge in [-0.3, -0.25) is 0 Å². The minimum Gasteiger partial charge on any atom is -0.461 e. The van der Waals surface area contributed by atoms with Crippen LogP contribution in [0.4, 0.5) is 0 Å². The molecule has 0 spiro atoms. The van der Waals surface area contributed by atoms with Crippen LogP contribution in [0.2, 0.25) is 0 Å². The molecule has 1 aliphatic heterocycles. The van der Waals surface area contributed by atoms with Crippen LogP contribution in [0.25, 0.3) is 11.6 Å². The summed E-state index contributed by atoms with van der Waals surface area (Å²) in [5.41, 5.74) is 3.73. The lowest BCUT2D eigenvalue weighted by atomic mass is 9.99. The van der Waals surface area contributed by atoms with Crippen LogP contribution in [-0.2, 0) is 19.0 Å². The third kappa shape index (κ3) is 5.31. The summed E-state index contributed by atoms with van der Waals surface area (Å²) in [7, 11) is 0. The Labute approximate surface area is 191 Å². The second-order valence-corrected chi connectivity index (χ2v) is 7.84. The van der Waals surface area contributed by atoms with E-state index in [0.717, 1.165) is 27.1 Å². The van der Waals surface area contributed by atoms with Gasteiger partial charge in [0.2, 0.25) is 0 Å². The van der Waals surface area contributed by atoms with Gasteiger partial charge < -0.3 is 14.2 Å². The van der Waals surface area contributed by atoms with Crippen molar-refractivity contribution in [2.75, 3.05) is 19.8 Å². The summed E-state index contributed by atoms with van der Waals surface area (Å²) < 4.78 is 16.5. The minimum absolute atomic E-state index is 0.165. The monoisotopic (exact) mass is 445 g/mol. The molecule has 1 fully saturated rings. The van der Waals surface area contributed by atoms with Crippen molar-refractivity contribution in [1.29, 1.82) is 0 Å². The number of rotatable bonds is 7. The molecule has 0 unspecified atom stereocenters. The first-order chi connectivity index (χ1) is 15.8. The van der Waals surface area contributed by atoms with Crippen LogP contribution in [0.3, 0.4) is 0 Å². The second kappa shape index (κ2) is 10.8. The molecular formula is C26H23NO4S. The number of hydrogen-bond donors (Lipinski definition) is 0. The van der Waals surface area contributed by atoms with Crippen molar-refractivity contribution in [3.8, 4) is 0 Å². The van der Waals surface area contributed by atoms with E-state index in [9.17, 15) is 4.79 Å². The number of ether oxygens (including phenoxy) is 3. The van der Waals surface area contributed by atoms with E-state index in [2.05, 4.69) is 10.9 Å². The Morgan fingerprint density at radius 1 is 1.06 bits per heavy atom. The van der Waals surface area contributed by atoms with Gasteiger partial charge in [0.15, 0.2) is 12.0 Å². The third-order valence-corrected chi connectivity index (χ3v) is 5.65.